The number of nitrogens with one attached hydrogen (secondary N) is 1. The first-order valence-electron chi connectivity index (χ1n) is 8.26. The lowest BCUT2D eigenvalue weighted by molar-refractivity contribution is 0.0529. The van der Waals surface area contributed by atoms with Gasteiger partial charge in [0.15, 0.2) is 0 Å². The number of thiophene rings is 1. The zero-order valence-corrected chi connectivity index (χ0v) is 14.7. The zero-order valence-electron chi connectivity index (χ0n) is 13.9. The van der Waals surface area contributed by atoms with Crippen molar-refractivity contribution in [2.45, 2.75) is 39.0 Å². The van der Waals surface area contributed by atoms with Crippen LogP contribution in [0.3, 0.4) is 0 Å². The molecule has 1 aliphatic heterocycles. The zero-order chi connectivity index (χ0) is 16.1. The lowest BCUT2D eigenvalue weighted by Gasteiger charge is -2.32. The molecule has 3 heterocycles. The van der Waals surface area contributed by atoms with Crippen molar-refractivity contribution in [2.24, 2.45) is 0 Å². The van der Waals surface area contributed by atoms with Crippen LogP contribution >= 0.6 is 11.3 Å². The number of aromatic nitrogens is 1. The SMILES string of the molecule is C[C@H](Cc1ccsc1)NCc1ccc(N2CCO[C@@H](C)C2)nc1. The van der Waals surface area contributed by atoms with Gasteiger partial charge in [0.2, 0.25) is 0 Å². The molecule has 0 radical (unpaired) electrons. The number of pyridine rings is 1. The van der Waals surface area contributed by atoms with Gasteiger partial charge < -0.3 is 15.0 Å². The molecule has 1 N–H and O–H groups in total. The first kappa shape index (κ1) is 16.4. The number of nitrogens with zero attached hydrogens (tertiary/aromatic N) is 2. The number of anilines is 1. The van der Waals surface area contributed by atoms with Crippen LogP contribution in [-0.2, 0) is 17.7 Å². The Morgan fingerprint density at radius 1 is 1.39 bits per heavy atom. The lowest BCUT2D eigenvalue weighted by atomic mass is 10.1. The van der Waals surface area contributed by atoms with Crippen LogP contribution in [0.15, 0.2) is 35.2 Å². The van der Waals surface area contributed by atoms with E-state index in [1.165, 1.54) is 11.1 Å². The average molecular weight is 331 g/mol. The molecule has 2 atom stereocenters. The highest BCUT2D eigenvalue weighted by molar-refractivity contribution is 7.07. The fourth-order valence-electron chi connectivity index (χ4n) is 2.86. The number of rotatable bonds is 6. The van der Waals surface area contributed by atoms with E-state index in [9.17, 15) is 0 Å². The van der Waals surface area contributed by atoms with Crippen molar-refractivity contribution in [3.8, 4) is 0 Å². The molecule has 124 valence electrons. The van der Waals surface area contributed by atoms with E-state index in [0.29, 0.717) is 6.04 Å². The van der Waals surface area contributed by atoms with E-state index >= 15 is 0 Å². The van der Waals surface area contributed by atoms with Crippen molar-refractivity contribution < 1.29 is 4.74 Å². The molecular weight excluding hydrogens is 306 g/mol. The Labute approximate surface area is 142 Å². The van der Waals surface area contributed by atoms with Crippen molar-refractivity contribution in [1.82, 2.24) is 10.3 Å². The first-order chi connectivity index (χ1) is 11.2. The minimum absolute atomic E-state index is 0.282. The van der Waals surface area contributed by atoms with Crippen LogP contribution in [0.5, 0.6) is 0 Å². The van der Waals surface area contributed by atoms with Gasteiger partial charge in [0, 0.05) is 31.9 Å². The van der Waals surface area contributed by atoms with Gasteiger partial charge in [0.05, 0.1) is 12.7 Å². The monoisotopic (exact) mass is 331 g/mol. The van der Waals surface area contributed by atoms with E-state index < -0.39 is 0 Å². The van der Waals surface area contributed by atoms with Crippen LogP contribution in [0.2, 0.25) is 0 Å². The summed E-state index contributed by atoms with van der Waals surface area (Å²) in [6.45, 7) is 7.83. The summed E-state index contributed by atoms with van der Waals surface area (Å²) in [6, 6.07) is 6.96. The van der Waals surface area contributed by atoms with Gasteiger partial charge in [0.1, 0.15) is 5.82 Å². The van der Waals surface area contributed by atoms with Crippen LogP contribution in [0.25, 0.3) is 0 Å². The van der Waals surface area contributed by atoms with Gasteiger partial charge >= 0.3 is 0 Å². The van der Waals surface area contributed by atoms with Crippen molar-refractivity contribution in [3.63, 3.8) is 0 Å². The molecule has 1 saturated heterocycles. The first-order valence-corrected chi connectivity index (χ1v) is 9.21. The summed E-state index contributed by atoms with van der Waals surface area (Å²) in [5.41, 5.74) is 2.64. The largest absolute Gasteiger partial charge is 0.375 e. The summed E-state index contributed by atoms with van der Waals surface area (Å²) in [4.78, 5) is 6.92. The smallest absolute Gasteiger partial charge is 0.128 e. The van der Waals surface area contributed by atoms with E-state index in [1.807, 2.05) is 6.20 Å². The van der Waals surface area contributed by atoms with Crippen LogP contribution in [0.4, 0.5) is 5.82 Å². The third-order valence-electron chi connectivity index (χ3n) is 4.15. The summed E-state index contributed by atoms with van der Waals surface area (Å²) >= 11 is 1.76. The maximum absolute atomic E-state index is 5.58. The van der Waals surface area contributed by atoms with Crippen molar-refractivity contribution >= 4 is 17.2 Å². The third-order valence-corrected chi connectivity index (χ3v) is 4.88. The molecule has 0 unspecified atom stereocenters. The number of hydrogen-bond acceptors (Lipinski definition) is 5. The van der Waals surface area contributed by atoms with E-state index in [-0.39, 0.29) is 6.10 Å². The molecule has 1 aliphatic rings. The predicted molar refractivity (Wildman–Crippen MR) is 96.2 cm³/mol. The molecule has 2 aromatic rings. The lowest BCUT2D eigenvalue weighted by Crippen LogP contribution is -2.41. The van der Waals surface area contributed by atoms with E-state index in [4.69, 9.17) is 4.74 Å². The Balaban J connectivity index is 1.49. The average Bonchev–Trinajstić information content (AvgIpc) is 3.06. The molecule has 0 saturated carbocycles. The summed E-state index contributed by atoms with van der Waals surface area (Å²) < 4.78 is 5.58. The third kappa shape index (κ3) is 4.77. The molecule has 3 rings (SSSR count). The number of morpholine rings is 1. The summed E-state index contributed by atoms with van der Waals surface area (Å²) in [5.74, 6) is 1.05. The van der Waals surface area contributed by atoms with Crippen molar-refractivity contribution in [2.75, 3.05) is 24.6 Å². The van der Waals surface area contributed by atoms with Gasteiger partial charge in [-0.25, -0.2) is 4.98 Å². The minimum atomic E-state index is 0.282. The van der Waals surface area contributed by atoms with E-state index in [1.54, 1.807) is 11.3 Å². The topological polar surface area (TPSA) is 37.4 Å². The molecular formula is C18H25N3OS. The van der Waals surface area contributed by atoms with Crippen LogP contribution in [0, 0.1) is 0 Å². The molecule has 5 heteroatoms. The molecule has 1 fully saturated rings. The van der Waals surface area contributed by atoms with Crippen LogP contribution in [0.1, 0.15) is 25.0 Å². The van der Waals surface area contributed by atoms with Gasteiger partial charge in [-0.2, -0.15) is 11.3 Å². The maximum Gasteiger partial charge on any atom is 0.128 e. The number of ether oxygens (including phenoxy) is 1. The molecule has 0 amide bonds. The van der Waals surface area contributed by atoms with Gasteiger partial charge in [-0.1, -0.05) is 6.07 Å². The Morgan fingerprint density at radius 3 is 3.00 bits per heavy atom. The fourth-order valence-corrected chi connectivity index (χ4v) is 3.54. The summed E-state index contributed by atoms with van der Waals surface area (Å²) in [7, 11) is 0. The summed E-state index contributed by atoms with van der Waals surface area (Å²) in [5, 5.41) is 7.93. The van der Waals surface area contributed by atoms with Crippen molar-refractivity contribution in [1.29, 1.82) is 0 Å². The van der Waals surface area contributed by atoms with E-state index in [0.717, 1.165) is 38.5 Å². The second-order valence-corrected chi connectivity index (χ2v) is 7.05. The highest BCUT2D eigenvalue weighted by atomic mass is 32.1. The molecule has 23 heavy (non-hydrogen) atoms. The van der Waals surface area contributed by atoms with Gasteiger partial charge in [-0.15, -0.1) is 0 Å². The van der Waals surface area contributed by atoms with Gasteiger partial charge in [0.25, 0.3) is 0 Å². The molecule has 0 aromatic carbocycles. The summed E-state index contributed by atoms with van der Waals surface area (Å²) in [6.07, 6.45) is 3.34. The minimum Gasteiger partial charge on any atom is -0.375 e. The van der Waals surface area contributed by atoms with Crippen LogP contribution < -0.4 is 10.2 Å². The Bertz CT molecular complexity index is 585. The van der Waals surface area contributed by atoms with Gasteiger partial charge in [-0.3, -0.25) is 0 Å². The Kier molecular flexibility index (Phi) is 5.65. The molecule has 0 aliphatic carbocycles. The Morgan fingerprint density at radius 2 is 2.30 bits per heavy atom. The second kappa shape index (κ2) is 7.90. The fraction of sp³-hybridized carbons (Fsp3) is 0.500. The quantitative estimate of drug-likeness (QED) is 0.883. The predicted octanol–water partition coefficient (Wildman–Crippen LogP) is 3.09. The van der Waals surface area contributed by atoms with E-state index in [2.05, 4.69) is 58.0 Å². The molecule has 4 nitrogen and oxygen atoms in total. The Hall–Kier alpha value is -1.43. The normalized spacial score (nSPS) is 19.7. The molecule has 0 spiro atoms. The highest BCUT2D eigenvalue weighted by Crippen LogP contribution is 2.15. The molecule has 0 bridgehead atoms. The van der Waals surface area contributed by atoms with Gasteiger partial charge in [-0.05, 0) is 54.3 Å². The maximum atomic E-state index is 5.58. The van der Waals surface area contributed by atoms with Crippen LogP contribution in [-0.4, -0.2) is 36.8 Å². The van der Waals surface area contributed by atoms with Crippen molar-refractivity contribution in [3.05, 3.63) is 46.3 Å². The number of hydrogen-bond donors (Lipinski definition) is 1. The second-order valence-electron chi connectivity index (χ2n) is 6.27. The molecule has 2 aromatic heterocycles. The highest BCUT2D eigenvalue weighted by Gasteiger charge is 2.17. The standard InChI is InChI=1S/C18H25N3OS/c1-14(9-16-5-8-23-13-16)19-10-17-3-4-18(20-11-17)21-6-7-22-15(2)12-21/h3-5,8,11,13-15,19H,6-7,9-10,12H2,1-2H3/t14-,15+/m1/s1.